The van der Waals surface area contributed by atoms with Gasteiger partial charge in [0, 0.05) is 14.5 Å². The van der Waals surface area contributed by atoms with Crippen LogP contribution in [0.25, 0.3) is 0 Å². The SMILES string of the molecule is O=C(c1cc(Br)cc(Br)c1)c1ccco1. The van der Waals surface area contributed by atoms with Gasteiger partial charge in [0.05, 0.1) is 6.26 Å². The molecule has 0 bridgehead atoms. The zero-order chi connectivity index (χ0) is 10.8. The van der Waals surface area contributed by atoms with E-state index in [1.807, 2.05) is 6.07 Å². The number of benzene rings is 1. The van der Waals surface area contributed by atoms with Crippen molar-refractivity contribution < 1.29 is 9.21 Å². The molecule has 0 fully saturated rings. The number of carbonyl (C=O) groups is 1. The molecule has 0 radical (unpaired) electrons. The lowest BCUT2D eigenvalue weighted by Gasteiger charge is -2.00. The molecular weight excluding hydrogens is 324 g/mol. The van der Waals surface area contributed by atoms with E-state index in [0.29, 0.717) is 11.3 Å². The summed E-state index contributed by atoms with van der Waals surface area (Å²) in [7, 11) is 0. The zero-order valence-corrected chi connectivity index (χ0v) is 10.7. The fourth-order valence-corrected chi connectivity index (χ4v) is 2.53. The molecule has 4 heteroatoms. The molecule has 2 rings (SSSR count). The molecule has 0 N–H and O–H groups in total. The third-order valence-electron chi connectivity index (χ3n) is 1.87. The minimum Gasteiger partial charge on any atom is -0.461 e. The van der Waals surface area contributed by atoms with Crippen molar-refractivity contribution in [3.8, 4) is 0 Å². The molecule has 0 saturated heterocycles. The number of hydrogen-bond acceptors (Lipinski definition) is 2. The van der Waals surface area contributed by atoms with Crippen LogP contribution in [0.2, 0.25) is 0 Å². The lowest BCUT2D eigenvalue weighted by molar-refractivity contribution is 0.101. The van der Waals surface area contributed by atoms with Crippen molar-refractivity contribution in [3.05, 3.63) is 56.9 Å². The molecule has 0 unspecified atom stereocenters. The summed E-state index contributed by atoms with van der Waals surface area (Å²) in [5.74, 6) is 0.224. The summed E-state index contributed by atoms with van der Waals surface area (Å²) in [4.78, 5) is 11.9. The van der Waals surface area contributed by atoms with Crippen LogP contribution in [0.3, 0.4) is 0 Å². The second kappa shape index (κ2) is 4.33. The third-order valence-corrected chi connectivity index (χ3v) is 2.79. The third kappa shape index (κ3) is 2.38. The average Bonchev–Trinajstić information content (AvgIpc) is 2.67. The van der Waals surface area contributed by atoms with E-state index in [-0.39, 0.29) is 5.78 Å². The van der Waals surface area contributed by atoms with Gasteiger partial charge < -0.3 is 4.42 Å². The Kier molecular flexibility index (Phi) is 3.07. The van der Waals surface area contributed by atoms with E-state index < -0.39 is 0 Å². The van der Waals surface area contributed by atoms with Crippen LogP contribution < -0.4 is 0 Å². The van der Waals surface area contributed by atoms with Gasteiger partial charge in [0.25, 0.3) is 0 Å². The molecule has 1 heterocycles. The maximum absolute atomic E-state index is 11.9. The largest absolute Gasteiger partial charge is 0.461 e. The highest BCUT2D eigenvalue weighted by atomic mass is 79.9. The van der Waals surface area contributed by atoms with E-state index in [1.54, 1.807) is 24.3 Å². The summed E-state index contributed by atoms with van der Waals surface area (Å²) in [5, 5.41) is 0. The molecule has 0 aliphatic heterocycles. The second-order valence-corrected chi connectivity index (χ2v) is 4.80. The number of hydrogen-bond donors (Lipinski definition) is 0. The van der Waals surface area contributed by atoms with Crippen LogP contribution in [0.1, 0.15) is 16.1 Å². The second-order valence-electron chi connectivity index (χ2n) is 2.96. The lowest BCUT2D eigenvalue weighted by Crippen LogP contribution is -1.99. The van der Waals surface area contributed by atoms with E-state index in [9.17, 15) is 4.79 Å². The molecule has 0 amide bonds. The fourth-order valence-electron chi connectivity index (χ4n) is 1.23. The van der Waals surface area contributed by atoms with Crippen LogP contribution >= 0.6 is 31.9 Å². The molecule has 1 aromatic carbocycles. The summed E-state index contributed by atoms with van der Waals surface area (Å²) in [6.07, 6.45) is 1.49. The lowest BCUT2D eigenvalue weighted by atomic mass is 10.1. The smallest absolute Gasteiger partial charge is 0.228 e. The highest BCUT2D eigenvalue weighted by Crippen LogP contribution is 2.22. The summed E-state index contributed by atoms with van der Waals surface area (Å²) in [5.41, 5.74) is 0.589. The summed E-state index contributed by atoms with van der Waals surface area (Å²) >= 11 is 6.66. The maximum Gasteiger partial charge on any atom is 0.228 e. The molecule has 1 aromatic heterocycles. The minimum absolute atomic E-state index is 0.123. The summed E-state index contributed by atoms with van der Waals surface area (Å²) < 4.78 is 6.76. The Morgan fingerprint density at radius 3 is 2.33 bits per heavy atom. The van der Waals surface area contributed by atoms with Crippen LogP contribution in [0.5, 0.6) is 0 Å². The molecule has 15 heavy (non-hydrogen) atoms. The molecule has 0 spiro atoms. The quantitative estimate of drug-likeness (QED) is 0.778. The number of furan rings is 1. The van der Waals surface area contributed by atoms with Crippen LogP contribution in [0, 0.1) is 0 Å². The van der Waals surface area contributed by atoms with Gasteiger partial charge >= 0.3 is 0 Å². The predicted octanol–water partition coefficient (Wildman–Crippen LogP) is 4.04. The first-order chi connectivity index (χ1) is 7.16. The summed E-state index contributed by atoms with van der Waals surface area (Å²) in [6, 6.07) is 8.74. The standard InChI is InChI=1S/C11H6Br2O2/c12-8-4-7(5-9(13)6-8)11(14)10-2-1-3-15-10/h1-6H. The number of halogens is 2. The van der Waals surface area contributed by atoms with E-state index in [0.717, 1.165) is 8.95 Å². The number of carbonyl (C=O) groups excluding carboxylic acids is 1. The van der Waals surface area contributed by atoms with Crippen molar-refractivity contribution in [2.24, 2.45) is 0 Å². The Hall–Kier alpha value is -0.870. The molecular formula is C11H6Br2O2. The van der Waals surface area contributed by atoms with Gasteiger partial charge in [0.2, 0.25) is 5.78 Å². The Labute approximate surface area is 104 Å². The molecule has 0 atom stereocenters. The van der Waals surface area contributed by atoms with Gasteiger partial charge in [-0.1, -0.05) is 31.9 Å². The van der Waals surface area contributed by atoms with Crippen LogP contribution in [0.4, 0.5) is 0 Å². The molecule has 0 saturated carbocycles. The Morgan fingerprint density at radius 1 is 1.13 bits per heavy atom. The van der Waals surface area contributed by atoms with E-state index in [4.69, 9.17) is 4.42 Å². The van der Waals surface area contributed by atoms with Gasteiger partial charge in [-0.25, -0.2) is 0 Å². The van der Waals surface area contributed by atoms with Crippen molar-refractivity contribution in [1.29, 1.82) is 0 Å². The fraction of sp³-hybridized carbons (Fsp3) is 0. The molecule has 0 aliphatic carbocycles. The topological polar surface area (TPSA) is 30.2 Å². The van der Waals surface area contributed by atoms with Crippen molar-refractivity contribution in [1.82, 2.24) is 0 Å². The summed E-state index contributed by atoms with van der Waals surface area (Å²) in [6.45, 7) is 0. The highest BCUT2D eigenvalue weighted by molar-refractivity contribution is 9.11. The van der Waals surface area contributed by atoms with Crippen molar-refractivity contribution in [2.75, 3.05) is 0 Å². The van der Waals surface area contributed by atoms with Gasteiger partial charge in [0.15, 0.2) is 5.76 Å². The van der Waals surface area contributed by atoms with Gasteiger partial charge in [-0.3, -0.25) is 4.79 Å². The van der Waals surface area contributed by atoms with E-state index in [2.05, 4.69) is 31.9 Å². The van der Waals surface area contributed by atoms with Crippen LogP contribution in [0.15, 0.2) is 50.0 Å². The molecule has 2 nitrogen and oxygen atoms in total. The van der Waals surface area contributed by atoms with Gasteiger partial charge in [0.1, 0.15) is 0 Å². The van der Waals surface area contributed by atoms with Gasteiger partial charge in [-0.05, 0) is 30.3 Å². The normalized spacial score (nSPS) is 10.3. The van der Waals surface area contributed by atoms with Crippen molar-refractivity contribution in [2.45, 2.75) is 0 Å². The highest BCUT2D eigenvalue weighted by Gasteiger charge is 2.12. The Bertz CT molecular complexity index is 469. The number of ketones is 1. The first kappa shape index (κ1) is 10.6. The Morgan fingerprint density at radius 2 is 1.80 bits per heavy atom. The van der Waals surface area contributed by atoms with Crippen molar-refractivity contribution >= 4 is 37.6 Å². The molecule has 76 valence electrons. The van der Waals surface area contributed by atoms with Crippen molar-refractivity contribution in [3.63, 3.8) is 0 Å². The zero-order valence-electron chi connectivity index (χ0n) is 7.54. The van der Waals surface area contributed by atoms with E-state index in [1.165, 1.54) is 6.26 Å². The van der Waals surface area contributed by atoms with Crippen LogP contribution in [-0.2, 0) is 0 Å². The van der Waals surface area contributed by atoms with E-state index >= 15 is 0 Å². The average molecular weight is 330 g/mol. The predicted molar refractivity (Wildman–Crippen MR) is 64.0 cm³/mol. The monoisotopic (exact) mass is 328 g/mol. The Balaban J connectivity index is 2.42. The first-order valence-corrected chi connectivity index (χ1v) is 5.80. The minimum atomic E-state index is -0.123. The van der Waals surface area contributed by atoms with Gasteiger partial charge in [-0.15, -0.1) is 0 Å². The van der Waals surface area contributed by atoms with Gasteiger partial charge in [-0.2, -0.15) is 0 Å². The number of rotatable bonds is 2. The first-order valence-electron chi connectivity index (χ1n) is 4.21. The molecule has 2 aromatic rings. The van der Waals surface area contributed by atoms with Crippen LogP contribution in [-0.4, -0.2) is 5.78 Å². The maximum atomic E-state index is 11.9. The molecule has 0 aliphatic rings.